The van der Waals surface area contributed by atoms with Crippen LogP contribution in [0.3, 0.4) is 0 Å². The Hall–Kier alpha value is -2.11. The van der Waals surface area contributed by atoms with Crippen LogP contribution in [0, 0.1) is 0 Å². The van der Waals surface area contributed by atoms with Gasteiger partial charge in [0.25, 0.3) is 0 Å². The van der Waals surface area contributed by atoms with Crippen molar-refractivity contribution in [1.82, 2.24) is 15.2 Å². The van der Waals surface area contributed by atoms with E-state index in [-0.39, 0.29) is 6.10 Å². The van der Waals surface area contributed by atoms with E-state index in [4.69, 9.17) is 4.74 Å². The fourth-order valence-electron chi connectivity index (χ4n) is 1.61. The van der Waals surface area contributed by atoms with Crippen molar-refractivity contribution in [1.29, 1.82) is 0 Å². The highest BCUT2D eigenvalue weighted by molar-refractivity contribution is 6.03. The minimum atomic E-state index is -0.440. The molecule has 6 heteroatoms. The maximum Gasteiger partial charge on any atom is 0.341 e. The monoisotopic (exact) mass is 233 g/mol. The van der Waals surface area contributed by atoms with Crippen LogP contribution >= 0.6 is 0 Å². The van der Waals surface area contributed by atoms with Crippen molar-refractivity contribution in [2.75, 3.05) is 7.11 Å². The van der Waals surface area contributed by atoms with Crippen molar-refractivity contribution < 1.29 is 14.3 Å². The summed E-state index contributed by atoms with van der Waals surface area (Å²) >= 11 is 0. The predicted molar refractivity (Wildman–Crippen MR) is 58.9 cm³/mol. The molecule has 1 saturated carbocycles. The molecule has 0 amide bonds. The third-order valence-corrected chi connectivity index (χ3v) is 2.66. The summed E-state index contributed by atoms with van der Waals surface area (Å²) in [4.78, 5) is 15.7. The molecule has 0 bridgehead atoms. The number of aromatic amines is 1. The molecule has 2 aromatic rings. The van der Waals surface area contributed by atoms with Crippen LogP contribution in [0.15, 0.2) is 12.4 Å². The van der Waals surface area contributed by atoms with E-state index >= 15 is 0 Å². The summed E-state index contributed by atoms with van der Waals surface area (Å²) in [5.74, 6) is 0.0774. The number of carbonyl (C=O) groups is 1. The SMILES string of the molecule is COC(=O)c1cnc(OC2CC2)c2cn[nH]c12. The molecule has 17 heavy (non-hydrogen) atoms. The lowest BCUT2D eigenvalue weighted by molar-refractivity contribution is 0.0602. The maximum absolute atomic E-state index is 11.5. The summed E-state index contributed by atoms with van der Waals surface area (Å²) in [6, 6.07) is 0. The van der Waals surface area contributed by atoms with E-state index in [1.807, 2.05) is 0 Å². The van der Waals surface area contributed by atoms with Crippen LogP contribution < -0.4 is 4.74 Å². The Morgan fingerprint density at radius 1 is 1.47 bits per heavy atom. The Balaban J connectivity index is 2.08. The van der Waals surface area contributed by atoms with Gasteiger partial charge in [-0.3, -0.25) is 5.10 Å². The first-order valence-corrected chi connectivity index (χ1v) is 5.36. The van der Waals surface area contributed by atoms with Crippen molar-refractivity contribution in [3.63, 3.8) is 0 Å². The molecule has 0 aromatic carbocycles. The number of ether oxygens (including phenoxy) is 2. The minimum absolute atomic E-state index is 0.254. The number of pyridine rings is 1. The largest absolute Gasteiger partial charge is 0.474 e. The Morgan fingerprint density at radius 2 is 2.29 bits per heavy atom. The second kappa shape index (κ2) is 3.73. The number of hydrogen-bond donors (Lipinski definition) is 1. The summed E-state index contributed by atoms with van der Waals surface area (Å²) in [5.41, 5.74) is 0.964. The van der Waals surface area contributed by atoms with Gasteiger partial charge in [-0.1, -0.05) is 0 Å². The van der Waals surface area contributed by atoms with E-state index in [1.165, 1.54) is 13.3 Å². The lowest BCUT2D eigenvalue weighted by Gasteiger charge is -2.06. The number of nitrogens with zero attached hydrogens (tertiary/aromatic N) is 2. The van der Waals surface area contributed by atoms with Gasteiger partial charge in [0.2, 0.25) is 5.88 Å². The molecule has 2 aromatic heterocycles. The van der Waals surface area contributed by atoms with Gasteiger partial charge in [-0.05, 0) is 12.8 Å². The van der Waals surface area contributed by atoms with Gasteiger partial charge < -0.3 is 9.47 Å². The zero-order valence-electron chi connectivity index (χ0n) is 9.27. The van der Waals surface area contributed by atoms with Gasteiger partial charge >= 0.3 is 5.97 Å². The quantitative estimate of drug-likeness (QED) is 0.808. The van der Waals surface area contributed by atoms with Gasteiger partial charge in [-0.25, -0.2) is 9.78 Å². The van der Waals surface area contributed by atoms with E-state index in [2.05, 4.69) is 19.9 Å². The lowest BCUT2D eigenvalue weighted by atomic mass is 10.2. The van der Waals surface area contributed by atoms with Crippen LogP contribution in [-0.4, -0.2) is 34.4 Å². The van der Waals surface area contributed by atoms with E-state index in [9.17, 15) is 4.79 Å². The summed E-state index contributed by atoms with van der Waals surface area (Å²) in [5, 5.41) is 7.39. The standard InChI is InChI=1S/C11H11N3O3/c1-16-11(15)8-4-12-10(17-6-2-3-6)7-5-13-14-9(7)8/h4-6H,2-3H2,1H3,(H,13,14). The number of carbonyl (C=O) groups excluding carboxylic acids is 1. The summed E-state index contributed by atoms with van der Waals surface area (Å²) < 4.78 is 10.3. The number of hydrogen-bond acceptors (Lipinski definition) is 5. The molecule has 1 aliphatic carbocycles. The van der Waals surface area contributed by atoms with E-state index in [1.54, 1.807) is 6.20 Å². The van der Waals surface area contributed by atoms with Gasteiger partial charge in [0.15, 0.2) is 0 Å². The number of methoxy groups -OCH3 is 1. The van der Waals surface area contributed by atoms with Crippen LogP contribution in [0.5, 0.6) is 5.88 Å². The van der Waals surface area contributed by atoms with Gasteiger partial charge in [-0.15, -0.1) is 0 Å². The van der Waals surface area contributed by atoms with Crippen LogP contribution in [-0.2, 0) is 4.74 Å². The first-order chi connectivity index (χ1) is 8.29. The Kier molecular flexibility index (Phi) is 2.21. The molecule has 6 nitrogen and oxygen atoms in total. The van der Waals surface area contributed by atoms with Crippen LogP contribution in [0.4, 0.5) is 0 Å². The number of esters is 1. The fraction of sp³-hybridized carbons (Fsp3) is 0.364. The lowest BCUT2D eigenvalue weighted by Crippen LogP contribution is -2.05. The Bertz CT molecular complexity index is 574. The molecule has 3 rings (SSSR count). The highest BCUT2D eigenvalue weighted by atomic mass is 16.5. The third kappa shape index (κ3) is 1.71. The molecular formula is C11H11N3O3. The normalized spacial score (nSPS) is 14.9. The minimum Gasteiger partial charge on any atom is -0.474 e. The van der Waals surface area contributed by atoms with Crippen molar-refractivity contribution in [2.45, 2.75) is 18.9 Å². The topological polar surface area (TPSA) is 77.1 Å². The first-order valence-electron chi connectivity index (χ1n) is 5.36. The molecule has 0 radical (unpaired) electrons. The molecule has 0 aliphatic heterocycles. The van der Waals surface area contributed by atoms with E-state index < -0.39 is 5.97 Å². The molecule has 0 spiro atoms. The second-order valence-electron chi connectivity index (χ2n) is 3.94. The average Bonchev–Trinajstić information content (AvgIpc) is 3.02. The van der Waals surface area contributed by atoms with Crippen molar-refractivity contribution in [3.05, 3.63) is 18.0 Å². The molecular weight excluding hydrogens is 222 g/mol. The van der Waals surface area contributed by atoms with Crippen LogP contribution in [0.1, 0.15) is 23.2 Å². The zero-order chi connectivity index (χ0) is 11.8. The van der Waals surface area contributed by atoms with Gasteiger partial charge in [-0.2, -0.15) is 5.10 Å². The highest BCUT2D eigenvalue weighted by Gasteiger charge is 2.26. The Morgan fingerprint density at radius 3 is 3.00 bits per heavy atom. The van der Waals surface area contributed by atoms with Crippen LogP contribution in [0.2, 0.25) is 0 Å². The average molecular weight is 233 g/mol. The van der Waals surface area contributed by atoms with E-state index in [0.29, 0.717) is 22.3 Å². The molecule has 1 fully saturated rings. The number of aromatic nitrogens is 3. The molecule has 2 heterocycles. The zero-order valence-corrected chi connectivity index (χ0v) is 9.27. The van der Waals surface area contributed by atoms with Crippen molar-refractivity contribution >= 4 is 16.9 Å². The molecule has 0 saturated heterocycles. The number of fused-ring (bicyclic) bond motifs is 1. The number of rotatable bonds is 3. The first kappa shape index (κ1) is 10.1. The second-order valence-corrected chi connectivity index (χ2v) is 3.94. The predicted octanol–water partition coefficient (Wildman–Crippen LogP) is 1.29. The third-order valence-electron chi connectivity index (χ3n) is 2.66. The van der Waals surface area contributed by atoms with Gasteiger partial charge in [0.05, 0.1) is 24.2 Å². The van der Waals surface area contributed by atoms with E-state index in [0.717, 1.165) is 12.8 Å². The van der Waals surface area contributed by atoms with Crippen LogP contribution in [0.25, 0.3) is 10.9 Å². The van der Waals surface area contributed by atoms with Crippen molar-refractivity contribution in [2.24, 2.45) is 0 Å². The molecule has 1 N–H and O–H groups in total. The molecule has 0 unspecified atom stereocenters. The molecule has 0 atom stereocenters. The van der Waals surface area contributed by atoms with Gasteiger partial charge in [0.1, 0.15) is 11.7 Å². The van der Waals surface area contributed by atoms with Crippen molar-refractivity contribution in [3.8, 4) is 5.88 Å². The number of H-pyrrole nitrogens is 1. The fourth-order valence-corrected chi connectivity index (χ4v) is 1.61. The molecule has 1 aliphatic rings. The summed E-state index contributed by atoms with van der Waals surface area (Å²) in [6.07, 6.45) is 5.42. The number of nitrogens with one attached hydrogen (secondary N) is 1. The van der Waals surface area contributed by atoms with Gasteiger partial charge in [0, 0.05) is 6.20 Å². The summed E-state index contributed by atoms with van der Waals surface area (Å²) in [6.45, 7) is 0. The highest BCUT2D eigenvalue weighted by Crippen LogP contribution is 2.30. The Labute approximate surface area is 96.9 Å². The molecule has 88 valence electrons. The summed E-state index contributed by atoms with van der Waals surface area (Å²) in [7, 11) is 1.33. The maximum atomic E-state index is 11.5. The smallest absolute Gasteiger partial charge is 0.341 e.